The third-order valence-electron chi connectivity index (χ3n) is 1.62. The van der Waals surface area contributed by atoms with Crippen LogP contribution >= 0.6 is 0 Å². The topological polar surface area (TPSA) is 55.1 Å². The Labute approximate surface area is 76.9 Å². The number of nitrogens with two attached hydrogens (primary N) is 1. The van der Waals surface area contributed by atoms with Crippen molar-refractivity contribution in [3.63, 3.8) is 0 Å². The Kier molecular flexibility index (Phi) is 7.30. The van der Waals surface area contributed by atoms with E-state index in [1.165, 1.54) is 0 Å². The van der Waals surface area contributed by atoms with Gasteiger partial charge in [-0.05, 0) is 19.4 Å². The Bertz CT molecular complexity index is 134. The SMILES string of the molecule is [B][B]C(=O)[C@@H](N)CCCCN[B]. The molecule has 3 nitrogen and oxygen atoms in total. The predicted octanol–water partition coefficient (Wildman–Crippen LogP) is -1.53. The molecule has 0 aromatic rings. The molecule has 0 bridgehead atoms. The summed E-state index contributed by atoms with van der Waals surface area (Å²) in [5.74, 6) is 0. The van der Waals surface area contributed by atoms with Crippen LogP contribution < -0.4 is 11.0 Å². The van der Waals surface area contributed by atoms with E-state index in [1.807, 2.05) is 0 Å². The molecule has 0 saturated heterocycles. The molecule has 0 rings (SSSR count). The van der Waals surface area contributed by atoms with E-state index in [0.717, 1.165) is 26.6 Å². The molecule has 0 amide bonds. The first-order valence-corrected chi connectivity index (χ1v) is 4.00. The molecule has 0 spiro atoms. The Hall–Kier alpha value is -0.215. The van der Waals surface area contributed by atoms with E-state index in [-0.39, 0.29) is 5.68 Å². The van der Waals surface area contributed by atoms with Crippen molar-refractivity contribution in [1.29, 1.82) is 0 Å². The molecule has 0 heterocycles. The monoisotopic (exact) mass is 161 g/mol. The molecule has 5 radical (unpaired) electrons. The minimum atomic E-state index is -0.451. The summed E-state index contributed by atoms with van der Waals surface area (Å²) in [7, 11) is 11.1. The fourth-order valence-electron chi connectivity index (χ4n) is 0.857. The van der Waals surface area contributed by atoms with Gasteiger partial charge in [-0.2, -0.15) is 0 Å². The fourth-order valence-corrected chi connectivity index (χ4v) is 0.857. The summed E-state index contributed by atoms with van der Waals surface area (Å²) in [6.07, 6.45) is 2.46. The van der Waals surface area contributed by atoms with Gasteiger partial charge >= 0.3 is 0 Å². The molecule has 6 heteroatoms. The smallest absolute Gasteiger partial charge is 0.177 e. The van der Waals surface area contributed by atoms with Gasteiger partial charge in [-0.3, -0.25) is 0 Å². The van der Waals surface area contributed by atoms with E-state index in [4.69, 9.17) is 21.5 Å². The number of hydrogen-bond acceptors (Lipinski definition) is 3. The maximum atomic E-state index is 10.8. The van der Waals surface area contributed by atoms with Crippen LogP contribution in [0.5, 0.6) is 0 Å². The summed E-state index contributed by atoms with van der Waals surface area (Å²) in [4.78, 5) is 10.8. The molecule has 0 unspecified atom stereocenters. The van der Waals surface area contributed by atoms with Crippen molar-refractivity contribution in [3.05, 3.63) is 0 Å². The Morgan fingerprint density at radius 2 is 2.25 bits per heavy atom. The van der Waals surface area contributed by atoms with Gasteiger partial charge in [0, 0.05) is 7.74 Å². The van der Waals surface area contributed by atoms with Crippen LogP contribution in [0.25, 0.3) is 0 Å². The molecule has 0 aliphatic carbocycles. The summed E-state index contributed by atoms with van der Waals surface area (Å²) >= 11 is 0. The average molecular weight is 161 g/mol. The highest BCUT2D eigenvalue weighted by Gasteiger charge is 2.09. The first-order chi connectivity index (χ1) is 5.72. The van der Waals surface area contributed by atoms with E-state index in [0.29, 0.717) is 6.42 Å². The van der Waals surface area contributed by atoms with Gasteiger partial charge in [0.25, 0.3) is 0 Å². The zero-order valence-electron chi connectivity index (χ0n) is 7.12. The van der Waals surface area contributed by atoms with Gasteiger partial charge < -0.3 is 15.8 Å². The van der Waals surface area contributed by atoms with Crippen molar-refractivity contribution in [1.82, 2.24) is 5.23 Å². The summed E-state index contributed by atoms with van der Waals surface area (Å²) in [6, 6.07) is -0.451. The van der Waals surface area contributed by atoms with Crippen LogP contribution in [0.2, 0.25) is 0 Å². The maximum Gasteiger partial charge on any atom is 0.177 e. The highest BCUT2D eigenvalue weighted by atomic mass is 16.1. The molecule has 0 aromatic heterocycles. The number of carbonyl (C=O) groups excluding carboxylic acids is 1. The highest BCUT2D eigenvalue weighted by molar-refractivity contribution is 7.08. The van der Waals surface area contributed by atoms with Crippen LogP contribution in [-0.2, 0) is 4.79 Å². The minimum Gasteiger partial charge on any atom is -0.366 e. The normalized spacial score (nSPS) is 12.4. The molecule has 0 aliphatic heterocycles. The first kappa shape index (κ1) is 11.8. The van der Waals surface area contributed by atoms with Gasteiger partial charge in [-0.15, -0.1) is 0 Å². The molecule has 1 atom stereocenters. The lowest BCUT2D eigenvalue weighted by molar-refractivity contribution is -0.113. The lowest BCUT2D eigenvalue weighted by Crippen LogP contribution is -2.34. The van der Waals surface area contributed by atoms with Gasteiger partial charge in [0.2, 0.25) is 0 Å². The lowest BCUT2D eigenvalue weighted by atomic mass is 9.51. The van der Waals surface area contributed by atoms with Gasteiger partial charge in [0.15, 0.2) is 7.98 Å². The van der Waals surface area contributed by atoms with Crippen LogP contribution in [0.3, 0.4) is 0 Å². The van der Waals surface area contributed by atoms with Crippen molar-refractivity contribution in [3.8, 4) is 0 Å². The van der Waals surface area contributed by atoms with Crippen LogP contribution in [0.1, 0.15) is 19.3 Å². The Balaban J connectivity index is 3.31. The van der Waals surface area contributed by atoms with E-state index >= 15 is 0 Å². The quantitative estimate of drug-likeness (QED) is 0.351. The Morgan fingerprint density at radius 1 is 1.58 bits per heavy atom. The second-order valence-electron chi connectivity index (χ2n) is 2.63. The minimum absolute atomic E-state index is 0.198. The summed E-state index contributed by atoms with van der Waals surface area (Å²) < 4.78 is 0. The van der Waals surface area contributed by atoms with Crippen LogP contribution in [0, 0.1) is 0 Å². The zero-order valence-corrected chi connectivity index (χ0v) is 7.12. The summed E-state index contributed by atoms with van der Waals surface area (Å²) in [5.41, 5.74) is 5.30. The largest absolute Gasteiger partial charge is 0.366 e. The van der Waals surface area contributed by atoms with E-state index in [2.05, 4.69) is 5.23 Å². The molecule has 0 saturated carbocycles. The molecule has 61 valence electrons. The number of unbranched alkanes of at least 4 members (excludes halogenated alkanes) is 1. The summed E-state index contributed by atoms with van der Waals surface area (Å²) in [6.45, 7) is 0.743. The molecular formula is C6H12B3N2O. The summed E-state index contributed by atoms with van der Waals surface area (Å²) in [5, 5.41) is 2.53. The van der Waals surface area contributed by atoms with Crippen LogP contribution in [0.4, 0.5) is 0 Å². The van der Waals surface area contributed by atoms with Gasteiger partial charge in [-0.1, -0.05) is 6.42 Å². The second-order valence-corrected chi connectivity index (χ2v) is 2.63. The lowest BCUT2D eigenvalue weighted by Gasteiger charge is -2.08. The zero-order chi connectivity index (χ0) is 9.40. The Morgan fingerprint density at radius 3 is 2.75 bits per heavy atom. The van der Waals surface area contributed by atoms with Crippen molar-refractivity contribution < 1.29 is 4.79 Å². The van der Waals surface area contributed by atoms with Crippen LogP contribution in [0.15, 0.2) is 0 Å². The third-order valence-corrected chi connectivity index (χ3v) is 1.62. The first-order valence-electron chi connectivity index (χ1n) is 4.00. The van der Waals surface area contributed by atoms with Crippen LogP contribution in [-0.4, -0.2) is 41.2 Å². The maximum absolute atomic E-state index is 10.8. The van der Waals surface area contributed by atoms with Crippen molar-refractivity contribution in [2.24, 2.45) is 5.73 Å². The molecule has 12 heavy (non-hydrogen) atoms. The van der Waals surface area contributed by atoms with E-state index in [9.17, 15) is 4.79 Å². The number of rotatable bonds is 7. The molecule has 3 N–H and O–H groups in total. The molecule has 0 aliphatic rings. The number of carbonyl (C=O) groups is 1. The van der Waals surface area contributed by atoms with E-state index in [1.54, 1.807) is 0 Å². The average Bonchev–Trinajstić information content (AvgIpc) is 2.10. The van der Waals surface area contributed by atoms with Gasteiger partial charge in [0.05, 0.1) is 11.7 Å². The van der Waals surface area contributed by atoms with Crippen molar-refractivity contribution in [2.75, 3.05) is 6.54 Å². The third kappa shape index (κ3) is 5.44. The molecule has 0 aromatic carbocycles. The van der Waals surface area contributed by atoms with Crippen molar-refractivity contribution >= 4 is 28.6 Å². The van der Waals surface area contributed by atoms with E-state index < -0.39 is 6.04 Å². The fraction of sp³-hybridized carbons (Fsp3) is 0.833. The number of hydrogen-bond donors (Lipinski definition) is 2. The number of nitrogens with one attached hydrogen (secondary N) is 1. The standard InChI is InChI=1S/C6H12B3N2O/c7-9-6(12)5(10)3-1-2-4-11-8/h5,11H,1-4,10H2/t5-/m0/s1. The molecular weight excluding hydrogens is 149 g/mol. The second kappa shape index (κ2) is 7.43. The highest BCUT2D eigenvalue weighted by Crippen LogP contribution is 1.98. The van der Waals surface area contributed by atoms with Crippen molar-refractivity contribution in [2.45, 2.75) is 25.3 Å². The van der Waals surface area contributed by atoms with Gasteiger partial charge in [-0.25, -0.2) is 0 Å². The predicted molar refractivity (Wildman–Crippen MR) is 52.1 cm³/mol. The van der Waals surface area contributed by atoms with Gasteiger partial charge in [0.1, 0.15) is 7.17 Å². The molecule has 0 fully saturated rings.